The third kappa shape index (κ3) is 4.16. The van der Waals surface area contributed by atoms with Crippen molar-refractivity contribution < 1.29 is 0 Å². The minimum Gasteiger partial charge on any atom is -0.358 e. The molecule has 0 aliphatic heterocycles. The van der Waals surface area contributed by atoms with E-state index in [1.165, 1.54) is 16.9 Å². The van der Waals surface area contributed by atoms with Gasteiger partial charge in [-0.2, -0.15) is 5.10 Å². The Hall–Kier alpha value is -2.48. The first-order valence-electron chi connectivity index (χ1n) is 8.95. The van der Waals surface area contributed by atoms with Crippen LogP contribution in [0.5, 0.6) is 0 Å². The summed E-state index contributed by atoms with van der Waals surface area (Å²) in [5, 5.41) is 22.0. The van der Waals surface area contributed by atoms with Gasteiger partial charge in [0.2, 0.25) is 5.13 Å². The van der Waals surface area contributed by atoms with E-state index in [2.05, 4.69) is 50.8 Å². The van der Waals surface area contributed by atoms with Crippen molar-refractivity contribution in [3.63, 3.8) is 0 Å². The molecule has 4 N–H and O–H groups in total. The quantitative estimate of drug-likeness (QED) is 0.436. The fourth-order valence-corrected chi connectivity index (χ4v) is 3.82. The number of anilines is 1. The SMILES string of the molecule is Cc1[nH]nc2ccc(-c3nnc(NC[C@@H](N)[C@H](C)c4ccccc4)s3)cc12.Cl. The van der Waals surface area contributed by atoms with E-state index < -0.39 is 0 Å². The van der Waals surface area contributed by atoms with Crippen LogP contribution < -0.4 is 11.1 Å². The van der Waals surface area contributed by atoms with Crippen molar-refractivity contribution in [2.75, 3.05) is 11.9 Å². The average molecular weight is 415 g/mol. The van der Waals surface area contributed by atoms with Crippen molar-refractivity contribution in [1.82, 2.24) is 20.4 Å². The highest BCUT2D eigenvalue weighted by Crippen LogP contribution is 2.29. The Morgan fingerprint density at radius 3 is 2.71 bits per heavy atom. The molecule has 2 heterocycles. The maximum Gasteiger partial charge on any atom is 0.206 e. The summed E-state index contributed by atoms with van der Waals surface area (Å²) in [4.78, 5) is 0. The summed E-state index contributed by atoms with van der Waals surface area (Å²) in [6.45, 7) is 4.81. The molecule has 0 aliphatic carbocycles. The first-order chi connectivity index (χ1) is 13.1. The predicted molar refractivity (Wildman–Crippen MR) is 118 cm³/mol. The van der Waals surface area contributed by atoms with Gasteiger partial charge in [-0.15, -0.1) is 22.6 Å². The summed E-state index contributed by atoms with van der Waals surface area (Å²) in [5.74, 6) is 0.262. The van der Waals surface area contributed by atoms with Crippen LogP contribution in [0.1, 0.15) is 24.1 Å². The molecule has 8 heteroatoms. The molecule has 146 valence electrons. The lowest BCUT2D eigenvalue weighted by atomic mass is 9.94. The minimum atomic E-state index is -0.00956. The van der Waals surface area contributed by atoms with E-state index in [0.29, 0.717) is 6.54 Å². The number of nitrogens with zero attached hydrogens (tertiary/aromatic N) is 3. The molecule has 4 rings (SSSR count). The summed E-state index contributed by atoms with van der Waals surface area (Å²) >= 11 is 1.53. The second kappa shape index (κ2) is 8.68. The number of nitrogens with one attached hydrogen (secondary N) is 2. The van der Waals surface area contributed by atoms with Crippen molar-refractivity contribution in [2.24, 2.45) is 5.73 Å². The van der Waals surface area contributed by atoms with E-state index in [1.807, 2.05) is 37.3 Å². The van der Waals surface area contributed by atoms with E-state index in [9.17, 15) is 0 Å². The number of halogens is 1. The van der Waals surface area contributed by atoms with Crippen molar-refractivity contribution in [3.8, 4) is 10.6 Å². The number of hydrogen-bond donors (Lipinski definition) is 3. The highest BCUT2D eigenvalue weighted by Gasteiger charge is 2.16. The van der Waals surface area contributed by atoms with Gasteiger partial charge in [-0.3, -0.25) is 5.10 Å². The third-order valence-corrected chi connectivity index (χ3v) is 5.80. The fraction of sp³-hybridized carbons (Fsp3) is 0.250. The van der Waals surface area contributed by atoms with Crippen LogP contribution in [0.2, 0.25) is 0 Å². The van der Waals surface area contributed by atoms with Gasteiger partial charge in [-0.05, 0) is 36.6 Å². The number of nitrogens with two attached hydrogens (primary N) is 1. The van der Waals surface area contributed by atoms with E-state index in [-0.39, 0.29) is 24.4 Å². The molecule has 0 fully saturated rings. The molecule has 0 bridgehead atoms. The van der Waals surface area contributed by atoms with Crippen LogP contribution in [-0.2, 0) is 0 Å². The van der Waals surface area contributed by atoms with Crippen molar-refractivity contribution in [1.29, 1.82) is 0 Å². The first-order valence-corrected chi connectivity index (χ1v) is 9.76. The lowest BCUT2D eigenvalue weighted by Crippen LogP contribution is -2.34. The van der Waals surface area contributed by atoms with Gasteiger partial charge >= 0.3 is 0 Å². The van der Waals surface area contributed by atoms with Gasteiger partial charge in [0.1, 0.15) is 5.01 Å². The summed E-state index contributed by atoms with van der Waals surface area (Å²) < 4.78 is 0. The molecule has 2 atom stereocenters. The largest absolute Gasteiger partial charge is 0.358 e. The molecule has 0 amide bonds. The maximum absolute atomic E-state index is 6.37. The number of rotatable bonds is 6. The van der Waals surface area contributed by atoms with Crippen LogP contribution in [0.3, 0.4) is 0 Å². The molecule has 28 heavy (non-hydrogen) atoms. The normalized spacial score (nSPS) is 13.1. The van der Waals surface area contributed by atoms with Gasteiger partial charge in [0, 0.05) is 29.2 Å². The number of hydrogen-bond acceptors (Lipinski definition) is 6. The molecule has 0 spiro atoms. The van der Waals surface area contributed by atoms with Crippen molar-refractivity contribution in [2.45, 2.75) is 25.8 Å². The number of aromatic nitrogens is 4. The Kier molecular flexibility index (Phi) is 6.28. The van der Waals surface area contributed by atoms with Crippen LogP contribution in [-0.4, -0.2) is 33.0 Å². The highest BCUT2D eigenvalue weighted by molar-refractivity contribution is 7.18. The minimum absolute atomic E-state index is 0. The van der Waals surface area contributed by atoms with Crippen molar-refractivity contribution in [3.05, 3.63) is 59.8 Å². The molecule has 4 aromatic rings. The summed E-state index contributed by atoms with van der Waals surface area (Å²) in [6.07, 6.45) is 0. The highest BCUT2D eigenvalue weighted by atomic mass is 35.5. The maximum atomic E-state index is 6.37. The van der Waals surface area contributed by atoms with Gasteiger partial charge in [0.05, 0.1) is 5.52 Å². The van der Waals surface area contributed by atoms with Crippen molar-refractivity contribution >= 4 is 39.8 Å². The van der Waals surface area contributed by atoms with Crippen LogP contribution in [0.4, 0.5) is 5.13 Å². The molecular formula is C20H23ClN6S. The Morgan fingerprint density at radius 2 is 1.93 bits per heavy atom. The number of fused-ring (bicyclic) bond motifs is 1. The lowest BCUT2D eigenvalue weighted by Gasteiger charge is -2.20. The van der Waals surface area contributed by atoms with Crippen LogP contribution in [0, 0.1) is 6.92 Å². The van der Waals surface area contributed by atoms with E-state index >= 15 is 0 Å². The Balaban J connectivity index is 0.00000225. The van der Waals surface area contributed by atoms with Crippen LogP contribution >= 0.6 is 23.7 Å². The van der Waals surface area contributed by atoms with Gasteiger partial charge in [-0.1, -0.05) is 48.6 Å². The molecule has 0 saturated heterocycles. The van der Waals surface area contributed by atoms with Crippen LogP contribution in [0.15, 0.2) is 48.5 Å². The average Bonchev–Trinajstić information content (AvgIpc) is 3.33. The fourth-order valence-electron chi connectivity index (χ4n) is 3.07. The smallest absolute Gasteiger partial charge is 0.206 e. The van der Waals surface area contributed by atoms with Gasteiger partial charge in [-0.25, -0.2) is 0 Å². The zero-order chi connectivity index (χ0) is 18.8. The third-order valence-electron chi connectivity index (χ3n) is 4.87. The first kappa shape index (κ1) is 20.3. The zero-order valence-electron chi connectivity index (χ0n) is 15.7. The number of aryl methyl sites for hydroxylation is 1. The second-order valence-corrected chi connectivity index (χ2v) is 7.71. The lowest BCUT2D eigenvalue weighted by molar-refractivity contribution is 0.589. The van der Waals surface area contributed by atoms with E-state index in [0.717, 1.165) is 32.3 Å². The van der Waals surface area contributed by atoms with Gasteiger partial charge < -0.3 is 11.1 Å². The predicted octanol–water partition coefficient (Wildman–Crippen LogP) is 4.35. The monoisotopic (exact) mass is 414 g/mol. The molecule has 0 saturated carbocycles. The van der Waals surface area contributed by atoms with Gasteiger partial charge in [0.25, 0.3) is 0 Å². The molecule has 0 unspecified atom stereocenters. The molecule has 0 aliphatic rings. The standard InChI is InChI=1S/C20H22N6S.ClH/c1-12(14-6-4-3-5-7-14)17(21)11-22-20-26-25-19(27-20)15-8-9-18-16(10-15)13(2)23-24-18;/h3-10,12,17H,11,21H2,1-2H3,(H,22,26)(H,23,24);1H/t12-,17-;/m1./s1. The molecule has 2 aromatic heterocycles. The molecule has 6 nitrogen and oxygen atoms in total. The summed E-state index contributed by atoms with van der Waals surface area (Å²) in [7, 11) is 0. The van der Waals surface area contributed by atoms with E-state index in [4.69, 9.17) is 5.73 Å². The molecule has 2 aromatic carbocycles. The van der Waals surface area contributed by atoms with Gasteiger partial charge in [0.15, 0.2) is 0 Å². The van der Waals surface area contributed by atoms with E-state index in [1.54, 1.807) is 0 Å². The summed E-state index contributed by atoms with van der Waals surface area (Å²) in [6, 6.07) is 16.4. The number of benzene rings is 2. The summed E-state index contributed by atoms with van der Waals surface area (Å²) in [5.41, 5.74) is 10.7. The zero-order valence-corrected chi connectivity index (χ0v) is 17.3. The molecule has 0 radical (unpaired) electrons. The Labute approximate surface area is 174 Å². The Bertz CT molecular complexity index is 1050. The second-order valence-electron chi connectivity index (χ2n) is 6.74. The number of H-pyrrole nitrogens is 1. The Morgan fingerprint density at radius 1 is 1.14 bits per heavy atom. The van der Waals surface area contributed by atoms with Crippen LogP contribution in [0.25, 0.3) is 21.5 Å². The number of aromatic amines is 1. The molecular weight excluding hydrogens is 392 g/mol. The topological polar surface area (TPSA) is 92.5 Å².